The summed E-state index contributed by atoms with van der Waals surface area (Å²) in [6.45, 7) is 3.95. The Balaban J connectivity index is 1.93. The van der Waals surface area contributed by atoms with Crippen LogP contribution in [0.3, 0.4) is 0 Å². The third-order valence-corrected chi connectivity index (χ3v) is 3.69. The Bertz CT molecular complexity index is 572. The van der Waals surface area contributed by atoms with Crippen LogP contribution in [0, 0.1) is 5.92 Å². The molecule has 0 fully saturated rings. The summed E-state index contributed by atoms with van der Waals surface area (Å²) in [7, 11) is 0. The van der Waals surface area contributed by atoms with Crippen molar-refractivity contribution in [2.24, 2.45) is 5.92 Å². The van der Waals surface area contributed by atoms with Crippen molar-refractivity contribution in [2.75, 3.05) is 0 Å². The van der Waals surface area contributed by atoms with Crippen molar-refractivity contribution in [1.29, 1.82) is 0 Å². The zero-order chi connectivity index (χ0) is 16.1. The Hall–Kier alpha value is -2.10. The first-order chi connectivity index (χ1) is 10.5. The highest BCUT2D eigenvalue weighted by Gasteiger charge is 2.37. The van der Waals surface area contributed by atoms with Crippen molar-refractivity contribution in [3.05, 3.63) is 47.2 Å². The summed E-state index contributed by atoms with van der Waals surface area (Å²) in [5.41, 5.74) is 0.999. The van der Waals surface area contributed by atoms with Crippen LogP contribution >= 0.6 is 0 Å². The first kappa shape index (κ1) is 16.3. The molecule has 0 aromatic heterocycles. The monoisotopic (exact) mass is 302 g/mol. The molecule has 0 aliphatic carbocycles. The summed E-state index contributed by atoms with van der Waals surface area (Å²) >= 11 is 0. The second kappa shape index (κ2) is 7.25. The lowest BCUT2D eigenvalue weighted by Crippen LogP contribution is -2.14. The minimum atomic E-state index is -0.687. The number of aliphatic hydroxyl groups excluding tert-OH is 1. The highest BCUT2D eigenvalue weighted by Crippen LogP contribution is 2.27. The third kappa shape index (κ3) is 3.97. The normalized spacial score (nSPS) is 18.0. The van der Waals surface area contributed by atoms with Gasteiger partial charge < -0.3 is 9.84 Å². The van der Waals surface area contributed by atoms with E-state index < -0.39 is 12.1 Å². The van der Waals surface area contributed by atoms with Crippen LogP contribution in [0.5, 0.6) is 0 Å². The van der Waals surface area contributed by atoms with Gasteiger partial charge in [-0.1, -0.05) is 44.2 Å². The maximum atomic E-state index is 12.2. The maximum Gasteiger partial charge on any atom is 0.346 e. The molecular formula is C18H22O4. The summed E-state index contributed by atoms with van der Waals surface area (Å²) in [5.74, 6) is -0.937. The van der Waals surface area contributed by atoms with Gasteiger partial charge in [-0.2, -0.15) is 0 Å². The number of benzene rings is 1. The standard InChI is InChI=1S/C18H22O4/c1-12(2)11-15-17(20)16(18(21)22-15)14(19)10-6-9-13-7-4-3-5-8-13/h3-5,7-8,12,15,20H,6,9-11H2,1-2H3. The third-order valence-electron chi connectivity index (χ3n) is 3.69. The number of cyclic esters (lactones) is 1. The molecule has 1 aromatic rings. The quantitative estimate of drug-likeness (QED) is 0.619. The van der Waals surface area contributed by atoms with E-state index in [0.717, 1.165) is 12.0 Å². The molecule has 0 amide bonds. The Kier molecular flexibility index (Phi) is 5.36. The molecule has 1 unspecified atom stereocenters. The van der Waals surface area contributed by atoms with Gasteiger partial charge in [0.25, 0.3) is 0 Å². The second-order valence-corrected chi connectivity index (χ2v) is 6.05. The molecule has 0 radical (unpaired) electrons. The summed E-state index contributed by atoms with van der Waals surface area (Å²) < 4.78 is 5.10. The van der Waals surface area contributed by atoms with Crippen LogP contribution in [0.4, 0.5) is 0 Å². The molecule has 4 heteroatoms. The average Bonchev–Trinajstić information content (AvgIpc) is 2.73. The van der Waals surface area contributed by atoms with Crippen LogP contribution < -0.4 is 0 Å². The van der Waals surface area contributed by atoms with Gasteiger partial charge in [-0.05, 0) is 30.7 Å². The number of carbonyl (C=O) groups excluding carboxylic acids is 2. The highest BCUT2D eigenvalue weighted by atomic mass is 16.6. The van der Waals surface area contributed by atoms with Gasteiger partial charge in [0.05, 0.1) is 0 Å². The van der Waals surface area contributed by atoms with Crippen LogP contribution in [0.1, 0.15) is 38.7 Å². The molecule has 0 saturated carbocycles. The topological polar surface area (TPSA) is 63.6 Å². The highest BCUT2D eigenvalue weighted by molar-refractivity contribution is 6.19. The largest absolute Gasteiger partial charge is 0.507 e. The molecule has 2 rings (SSSR count). The van der Waals surface area contributed by atoms with E-state index in [4.69, 9.17) is 4.74 Å². The summed E-state index contributed by atoms with van der Waals surface area (Å²) in [6, 6.07) is 9.86. The average molecular weight is 302 g/mol. The number of esters is 1. The van der Waals surface area contributed by atoms with Gasteiger partial charge in [-0.25, -0.2) is 4.79 Å². The Labute approximate surface area is 130 Å². The lowest BCUT2D eigenvalue weighted by Gasteiger charge is -2.11. The first-order valence-corrected chi connectivity index (χ1v) is 7.70. The van der Waals surface area contributed by atoms with Crippen LogP contribution in [0.25, 0.3) is 0 Å². The van der Waals surface area contributed by atoms with Gasteiger partial charge in [0.15, 0.2) is 17.6 Å². The number of Topliss-reactive ketones (excluding diaryl/α,β-unsaturated/α-hetero) is 1. The van der Waals surface area contributed by atoms with Crippen molar-refractivity contribution in [1.82, 2.24) is 0 Å². The number of hydrogen-bond donors (Lipinski definition) is 1. The predicted molar refractivity (Wildman–Crippen MR) is 83.4 cm³/mol. The van der Waals surface area contributed by atoms with E-state index in [0.29, 0.717) is 12.8 Å². The molecule has 22 heavy (non-hydrogen) atoms. The number of rotatable bonds is 7. The van der Waals surface area contributed by atoms with Crippen LogP contribution in [0.2, 0.25) is 0 Å². The first-order valence-electron chi connectivity index (χ1n) is 7.70. The molecular weight excluding hydrogens is 280 g/mol. The van der Waals surface area contributed by atoms with Crippen molar-refractivity contribution in [2.45, 2.75) is 45.6 Å². The van der Waals surface area contributed by atoms with E-state index in [1.807, 2.05) is 44.2 Å². The van der Waals surface area contributed by atoms with Gasteiger partial charge in [0.2, 0.25) is 0 Å². The van der Waals surface area contributed by atoms with Crippen molar-refractivity contribution < 1.29 is 19.4 Å². The van der Waals surface area contributed by atoms with Crippen molar-refractivity contribution in [3.8, 4) is 0 Å². The van der Waals surface area contributed by atoms with E-state index in [1.165, 1.54) is 0 Å². The Morgan fingerprint density at radius 2 is 1.95 bits per heavy atom. The van der Waals surface area contributed by atoms with Crippen LogP contribution in [-0.2, 0) is 20.7 Å². The molecule has 1 heterocycles. The molecule has 0 saturated heterocycles. The molecule has 1 aliphatic rings. The lowest BCUT2D eigenvalue weighted by molar-refractivity contribution is -0.141. The van der Waals surface area contributed by atoms with Crippen LogP contribution in [0.15, 0.2) is 41.7 Å². The number of aliphatic hydroxyl groups is 1. The van der Waals surface area contributed by atoms with E-state index in [-0.39, 0.29) is 29.5 Å². The van der Waals surface area contributed by atoms with Crippen LogP contribution in [-0.4, -0.2) is 23.0 Å². The number of carbonyl (C=O) groups is 2. The lowest BCUT2D eigenvalue weighted by atomic mass is 9.99. The molecule has 0 spiro atoms. The number of aryl methyl sites for hydroxylation is 1. The van der Waals surface area contributed by atoms with Gasteiger partial charge in [-0.3, -0.25) is 4.79 Å². The molecule has 4 nitrogen and oxygen atoms in total. The predicted octanol–water partition coefficient (Wildman–Crippen LogP) is 3.36. The Morgan fingerprint density at radius 3 is 2.59 bits per heavy atom. The Morgan fingerprint density at radius 1 is 1.27 bits per heavy atom. The van der Waals surface area contributed by atoms with Gasteiger partial charge in [0, 0.05) is 6.42 Å². The van der Waals surface area contributed by atoms with Gasteiger partial charge >= 0.3 is 5.97 Å². The van der Waals surface area contributed by atoms with Gasteiger partial charge in [0.1, 0.15) is 5.57 Å². The van der Waals surface area contributed by atoms with E-state index in [2.05, 4.69) is 0 Å². The SMILES string of the molecule is CC(C)CC1OC(=O)C(C(=O)CCCc2ccccc2)=C1O. The fourth-order valence-corrected chi connectivity index (χ4v) is 2.58. The number of ether oxygens (including phenoxy) is 1. The fraction of sp³-hybridized carbons (Fsp3) is 0.444. The minimum absolute atomic E-state index is 0.154. The van der Waals surface area contributed by atoms with Gasteiger partial charge in [-0.15, -0.1) is 0 Å². The molecule has 1 N–H and O–H groups in total. The maximum absolute atomic E-state index is 12.2. The molecule has 1 aliphatic heterocycles. The minimum Gasteiger partial charge on any atom is -0.507 e. The summed E-state index contributed by atoms with van der Waals surface area (Å²) in [6.07, 6.45) is 1.50. The summed E-state index contributed by atoms with van der Waals surface area (Å²) in [5, 5.41) is 10.1. The smallest absolute Gasteiger partial charge is 0.346 e. The number of hydrogen-bond acceptors (Lipinski definition) is 4. The fourth-order valence-electron chi connectivity index (χ4n) is 2.58. The molecule has 0 bridgehead atoms. The zero-order valence-electron chi connectivity index (χ0n) is 13.0. The summed E-state index contributed by atoms with van der Waals surface area (Å²) in [4.78, 5) is 24.0. The molecule has 1 aromatic carbocycles. The molecule has 1 atom stereocenters. The van der Waals surface area contributed by atoms with Crippen molar-refractivity contribution >= 4 is 11.8 Å². The van der Waals surface area contributed by atoms with E-state index >= 15 is 0 Å². The zero-order valence-corrected chi connectivity index (χ0v) is 13.0. The van der Waals surface area contributed by atoms with E-state index in [1.54, 1.807) is 0 Å². The van der Waals surface area contributed by atoms with E-state index in [9.17, 15) is 14.7 Å². The number of ketones is 1. The second-order valence-electron chi connectivity index (χ2n) is 6.05. The molecule has 118 valence electrons. The van der Waals surface area contributed by atoms with Crippen molar-refractivity contribution in [3.63, 3.8) is 0 Å².